The zero-order valence-corrected chi connectivity index (χ0v) is 9.59. The first-order valence-corrected chi connectivity index (χ1v) is 5.32. The fraction of sp³-hybridized carbons (Fsp3) is 0.400. The lowest BCUT2D eigenvalue weighted by Crippen LogP contribution is -2.20. The second-order valence-corrected chi connectivity index (χ2v) is 3.88. The van der Waals surface area contributed by atoms with Gasteiger partial charge in [0.05, 0.1) is 16.6 Å². The highest BCUT2D eigenvalue weighted by molar-refractivity contribution is 7.80. The lowest BCUT2D eigenvalue weighted by Gasteiger charge is -2.16. The second kappa shape index (κ2) is 5.29. The van der Waals surface area contributed by atoms with Crippen molar-refractivity contribution >= 4 is 18.3 Å². The van der Waals surface area contributed by atoms with Crippen LogP contribution < -0.4 is 0 Å². The van der Waals surface area contributed by atoms with Crippen LogP contribution >= 0.6 is 12.6 Å². The van der Waals surface area contributed by atoms with Gasteiger partial charge in [0.2, 0.25) is 0 Å². The smallest absolute Gasteiger partial charge is 0.275 e. The third kappa shape index (κ3) is 2.72. The van der Waals surface area contributed by atoms with Crippen LogP contribution in [0.2, 0.25) is 0 Å². The van der Waals surface area contributed by atoms with Crippen LogP contribution in [0.5, 0.6) is 0 Å². The highest BCUT2D eigenvalue weighted by atomic mass is 32.1. The van der Waals surface area contributed by atoms with E-state index < -0.39 is 17.1 Å². The van der Waals surface area contributed by atoms with Crippen LogP contribution in [0.3, 0.4) is 0 Å². The molecule has 0 aliphatic carbocycles. The first-order chi connectivity index (χ1) is 7.47. The molecule has 0 heterocycles. The first-order valence-electron chi connectivity index (χ1n) is 4.69. The molecule has 2 atom stereocenters. The minimum Gasteiger partial charge on any atom is -0.389 e. The predicted molar refractivity (Wildman–Crippen MR) is 62.7 cm³/mol. The summed E-state index contributed by atoms with van der Waals surface area (Å²) in [6.45, 7) is 1.72. The summed E-state index contributed by atoms with van der Waals surface area (Å²) in [5.41, 5.74) is 0.647. The lowest BCUT2D eigenvalue weighted by atomic mass is 10.0. The van der Waals surface area contributed by atoms with Crippen molar-refractivity contribution in [3.63, 3.8) is 0 Å². The van der Waals surface area contributed by atoms with E-state index in [1.54, 1.807) is 13.0 Å². The molecule has 5 nitrogen and oxygen atoms in total. The summed E-state index contributed by atoms with van der Waals surface area (Å²) in [7, 11) is 0. The Balaban J connectivity index is 3.17. The highest BCUT2D eigenvalue weighted by Gasteiger charge is 2.25. The van der Waals surface area contributed by atoms with E-state index >= 15 is 0 Å². The molecular formula is C10H13NO4S. The Bertz CT molecular complexity index is 396. The summed E-state index contributed by atoms with van der Waals surface area (Å²) in [4.78, 5) is 10.2. The SMILES string of the molecule is Cc1ccc(C(O)C(O)CS)c([N+](=O)[O-])c1. The van der Waals surface area contributed by atoms with Crippen molar-refractivity contribution in [3.05, 3.63) is 39.4 Å². The van der Waals surface area contributed by atoms with Gasteiger partial charge in [-0.05, 0) is 18.6 Å². The molecule has 6 heteroatoms. The molecule has 2 unspecified atom stereocenters. The first kappa shape index (κ1) is 13.0. The molecule has 1 rings (SSSR count). The summed E-state index contributed by atoms with van der Waals surface area (Å²) in [5, 5.41) is 29.9. The normalized spacial score (nSPS) is 14.5. The Labute approximate surface area is 98.3 Å². The maximum Gasteiger partial charge on any atom is 0.275 e. The van der Waals surface area contributed by atoms with Gasteiger partial charge in [-0.15, -0.1) is 0 Å². The Morgan fingerprint density at radius 2 is 2.12 bits per heavy atom. The fourth-order valence-corrected chi connectivity index (χ4v) is 1.57. The van der Waals surface area contributed by atoms with Gasteiger partial charge in [0.1, 0.15) is 6.10 Å². The summed E-state index contributed by atoms with van der Waals surface area (Å²) in [5.74, 6) is 0.0339. The van der Waals surface area contributed by atoms with Gasteiger partial charge in [-0.1, -0.05) is 6.07 Å². The van der Waals surface area contributed by atoms with E-state index in [2.05, 4.69) is 12.6 Å². The molecule has 2 N–H and O–H groups in total. The fourth-order valence-electron chi connectivity index (χ4n) is 1.37. The minimum absolute atomic E-state index is 0.0339. The van der Waals surface area contributed by atoms with Gasteiger partial charge in [-0.25, -0.2) is 0 Å². The van der Waals surface area contributed by atoms with Crippen LogP contribution in [-0.2, 0) is 0 Å². The van der Waals surface area contributed by atoms with Crippen molar-refractivity contribution in [1.29, 1.82) is 0 Å². The van der Waals surface area contributed by atoms with Crippen LogP contribution in [0.25, 0.3) is 0 Å². The van der Waals surface area contributed by atoms with Crippen LogP contribution in [0.4, 0.5) is 5.69 Å². The van der Waals surface area contributed by atoms with Gasteiger partial charge in [0, 0.05) is 11.8 Å². The number of aliphatic hydroxyl groups is 2. The van der Waals surface area contributed by atoms with E-state index in [0.717, 1.165) is 5.56 Å². The van der Waals surface area contributed by atoms with E-state index in [4.69, 9.17) is 0 Å². The maximum absolute atomic E-state index is 10.8. The van der Waals surface area contributed by atoms with Crippen molar-refractivity contribution in [1.82, 2.24) is 0 Å². The number of hydrogen-bond acceptors (Lipinski definition) is 5. The Morgan fingerprint density at radius 1 is 1.50 bits per heavy atom. The summed E-state index contributed by atoms with van der Waals surface area (Å²) in [6, 6.07) is 4.46. The van der Waals surface area contributed by atoms with Gasteiger partial charge < -0.3 is 10.2 Å². The number of nitrogens with zero attached hydrogens (tertiary/aromatic N) is 1. The summed E-state index contributed by atoms with van der Waals surface area (Å²) >= 11 is 3.83. The quantitative estimate of drug-likeness (QED) is 0.422. The number of nitro benzene ring substituents is 1. The zero-order valence-electron chi connectivity index (χ0n) is 8.70. The number of hydrogen-bond donors (Lipinski definition) is 3. The summed E-state index contributed by atoms with van der Waals surface area (Å²) < 4.78 is 0. The summed E-state index contributed by atoms with van der Waals surface area (Å²) in [6.07, 6.45) is -2.41. The third-order valence-corrected chi connectivity index (χ3v) is 2.63. The van der Waals surface area contributed by atoms with Crippen LogP contribution in [0.1, 0.15) is 17.2 Å². The van der Waals surface area contributed by atoms with Gasteiger partial charge in [-0.2, -0.15) is 12.6 Å². The van der Waals surface area contributed by atoms with E-state index in [0.29, 0.717) is 0 Å². The molecule has 0 aliphatic rings. The molecule has 88 valence electrons. The molecule has 0 spiro atoms. The van der Waals surface area contributed by atoms with Crippen molar-refractivity contribution in [2.75, 3.05) is 5.75 Å². The molecule has 0 fully saturated rings. The monoisotopic (exact) mass is 243 g/mol. The molecule has 1 aromatic carbocycles. The largest absolute Gasteiger partial charge is 0.389 e. The van der Waals surface area contributed by atoms with Gasteiger partial charge >= 0.3 is 0 Å². The lowest BCUT2D eigenvalue weighted by molar-refractivity contribution is -0.386. The van der Waals surface area contributed by atoms with E-state index in [1.165, 1.54) is 12.1 Å². The van der Waals surface area contributed by atoms with Gasteiger partial charge in [0.15, 0.2) is 0 Å². The van der Waals surface area contributed by atoms with Gasteiger partial charge in [0.25, 0.3) is 5.69 Å². The molecule has 1 aromatic rings. The van der Waals surface area contributed by atoms with Crippen LogP contribution in [-0.4, -0.2) is 27.0 Å². The number of rotatable bonds is 4. The predicted octanol–water partition coefficient (Wildman–Crippen LogP) is 1.23. The molecule has 0 radical (unpaired) electrons. The standard InChI is InChI=1S/C10H13NO4S/c1-6-2-3-7(8(4-6)11(14)15)10(13)9(12)5-16/h2-4,9-10,12-13,16H,5H2,1H3. The van der Waals surface area contributed by atoms with Gasteiger partial charge in [-0.3, -0.25) is 10.1 Å². The third-order valence-electron chi connectivity index (χ3n) is 2.25. The molecule has 16 heavy (non-hydrogen) atoms. The number of thiol groups is 1. The van der Waals surface area contributed by atoms with Crippen LogP contribution in [0, 0.1) is 17.0 Å². The second-order valence-electron chi connectivity index (χ2n) is 3.51. The molecule has 0 bridgehead atoms. The minimum atomic E-state index is -1.29. The van der Waals surface area contributed by atoms with Crippen molar-refractivity contribution in [2.24, 2.45) is 0 Å². The van der Waals surface area contributed by atoms with E-state index in [-0.39, 0.29) is 17.0 Å². The molecule has 0 saturated carbocycles. The van der Waals surface area contributed by atoms with Crippen molar-refractivity contribution < 1.29 is 15.1 Å². The highest BCUT2D eigenvalue weighted by Crippen LogP contribution is 2.28. The van der Waals surface area contributed by atoms with E-state index in [1.807, 2.05) is 0 Å². The molecule has 0 aliphatic heterocycles. The molecule has 0 amide bonds. The number of nitro groups is 1. The van der Waals surface area contributed by atoms with Crippen molar-refractivity contribution in [3.8, 4) is 0 Å². The number of aryl methyl sites for hydroxylation is 1. The molecular weight excluding hydrogens is 230 g/mol. The molecule has 0 saturated heterocycles. The number of benzene rings is 1. The average Bonchev–Trinajstić information content (AvgIpc) is 2.26. The average molecular weight is 243 g/mol. The number of aliphatic hydroxyl groups excluding tert-OH is 2. The van der Waals surface area contributed by atoms with E-state index in [9.17, 15) is 20.3 Å². The topological polar surface area (TPSA) is 83.6 Å². The Morgan fingerprint density at radius 3 is 2.62 bits per heavy atom. The Hall–Kier alpha value is -1.11. The van der Waals surface area contributed by atoms with Crippen molar-refractivity contribution in [2.45, 2.75) is 19.1 Å². The Kier molecular flexibility index (Phi) is 4.28. The zero-order chi connectivity index (χ0) is 12.3. The maximum atomic E-state index is 10.8. The molecule has 0 aromatic heterocycles. The van der Waals surface area contributed by atoms with Crippen LogP contribution in [0.15, 0.2) is 18.2 Å².